The summed E-state index contributed by atoms with van der Waals surface area (Å²) in [5.74, 6) is 1.31. The molecule has 16 heavy (non-hydrogen) atoms. The van der Waals surface area contributed by atoms with E-state index in [0.717, 1.165) is 5.69 Å². The molecule has 2 aromatic heterocycles. The molecule has 0 saturated carbocycles. The van der Waals surface area contributed by atoms with Crippen LogP contribution >= 0.6 is 15.9 Å². The Morgan fingerprint density at radius 2 is 2.19 bits per heavy atom. The molecule has 0 aliphatic rings. The molecular weight excluding hydrogens is 274 g/mol. The van der Waals surface area contributed by atoms with Crippen molar-refractivity contribution in [3.63, 3.8) is 0 Å². The number of hydrogen-bond donors (Lipinski definition) is 1. The summed E-state index contributed by atoms with van der Waals surface area (Å²) in [6.07, 6.45) is 1.70. The molecule has 0 aromatic carbocycles. The van der Waals surface area contributed by atoms with Gasteiger partial charge in [-0.15, -0.1) is 5.10 Å². The Morgan fingerprint density at radius 1 is 1.44 bits per heavy atom. The highest BCUT2D eigenvalue weighted by Gasteiger charge is 2.08. The summed E-state index contributed by atoms with van der Waals surface area (Å²) in [4.78, 5) is 8.41. The van der Waals surface area contributed by atoms with Gasteiger partial charge in [0, 0.05) is 11.8 Å². The van der Waals surface area contributed by atoms with Crippen molar-refractivity contribution < 1.29 is 4.74 Å². The fraction of sp³-hybridized carbons (Fsp3) is 0.222. The molecule has 0 aliphatic heterocycles. The van der Waals surface area contributed by atoms with E-state index >= 15 is 0 Å². The number of methoxy groups -OCH3 is 1. The lowest BCUT2D eigenvalue weighted by Crippen LogP contribution is -2.04. The molecule has 0 aliphatic carbocycles. The highest BCUT2D eigenvalue weighted by molar-refractivity contribution is 9.10. The number of nitrogens with zero attached hydrogens (tertiary/aromatic N) is 4. The summed E-state index contributed by atoms with van der Waals surface area (Å²) < 4.78 is 7.26. The van der Waals surface area contributed by atoms with Crippen molar-refractivity contribution >= 4 is 21.7 Å². The van der Waals surface area contributed by atoms with Gasteiger partial charge in [0.2, 0.25) is 5.88 Å². The Bertz CT molecular complexity index is 505. The third kappa shape index (κ3) is 1.99. The van der Waals surface area contributed by atoms with Crippen LogP contribution in [0, 0.1) is 6.92 Å². The minimum atomic E-state index is 0.393. The molecule has 2 heterocycles. The first-order chi connectivity index (χ1) is 7.60. The highest BCUT2D eigenvalue weighted by Crippen LogP contribution is 2.19. The molecule has 0 unspecified atom stereocenters. The monoisotopic (exact) mass is 283 g/mol. The van der Waals surface area contributed by atoms with E-state index in [1.165, 1.54) is 4.68 Å². The first-order valence-electron chi connectivity index (χ1n) is 4.51. The number of nitrogen functional groups attached to an aromatic ring is 1. The van der Waals surface area contributed by atoms with Gasteiger partial charge in [-0.05, 0) is 22.9 Å². The van der Waals surface area contributed by atoms with Crippen LogP contribution in [0.5, 0.6) is 5.88 Å². The average Bonchev–Trinajstić information content (AvgIpc) is 2.58. The third-order valence-electron chi connectivity index (χ3n) is 1.93. The van der Waals surface area contributed by atoms with Crippen molar-refractivity contribution in [1.82, 2.24) is 19.7 Å². The quantitative estimate of drug-likeness (QED) is 0.899. The smallest absolute Gasteiger partial charge is 0.254 e. The van der Waals surface area contributed by atoms with Crippen LogP contribution in [0.4, 0.5) is 5.82 Å². The lowest BCUT2D eigenvalue weighted by molar-refractivity contribution is 0.395. The van der Waals surface area contributed by atoms with Crippen molar-refractivity contribution in [1.29, 1.82) is 0 Å². The number of rotatable bonds is 2. The normalized spacial score (nSPS) is 10.4. The van der Waals surface area contributed by atoms with Crippen LogP contribution in [0.1, 0.15) is 5.69 Å². The van der Waals surface area contributed by atoms with Crippen molar-refractivity contribution in [3.8, 4) is 11.8 Å². The van der Waals surface area contributed by atoms with Gasteiger partial charge in [-0.3, -0.25) is 0 Å². The largest absolute Gasteiger partial charge is 0.481 e. The molecule has 0 saturated heterocycles. The maximum absolute atomic E-state index is 5.62. The van der Waals surface area contributed by atoms with Crippen molar-refractivity contribution in [2.75, 3.05) is 12.8 Å². The van der Waals surface area contributed by atoms with Crippen LogP contribution in [0.25, 0.3) is 5.95 Å². The average molecular weight is 284 g/mol. The molecule has 84 valence electrons. The molecule has 0 amide bonds. The zero-order valence-corrected chi connectivity index (χ0v) is 10.4. The molecule has 6 nitrogen and oxygen atoms in total. The Balaban J connectivity index is 2.50. The first kappa shape index (κ1) is 10.9. The summed E-state index contributed by atoms with van der Waals surface area (Å²) >= 11 is 3.27. The van der Waals surface area contributed by atoms with Gasteiger partial charge >= 0.3 is 0 Å². The summed E-state index contributed by atoms with van der Waals surface area (Å²) in [6.45, 7) is 1.86. The summed E-state index contributed by atoms with van der Waals surface area (Å²) in [5, 5.41) is 4.06. The van der Waals surface area contributed by atoms with E-state index < -0.39 is 0 Å². The number of aryl methyl sites for hydroxylation is 1. The fourth-order valence-corrected chi connectivity index (χ4v) is 1.47. The topological polar surface area (TPSA) is 78.9 Å². The second kappa shape index (κ2) is 4.09. The zero-order valence-electron chi connectivity index (χ0n) is 8.81. The summed E-state index contributed by atoms with van der Waals surface area (Å²) in [5.41, 5.74) is 6.42. The summed E-state index contributed by atoms with van der Waals surface area (Å²) in [6, 6.07) is 1.74. The lowest BCUT2D eigenvalue weighted by Gasteiger charge is -2.03. The van der Waals surface area contributed by atoms with Crippen LogP contribution in [-0.2, 0) is 0 Å². The van der Waals surface area contributed by atoms with Gasteiger partial charge in [0.15, 0.2) is 5.82 Å². The van der Waals surface area contributed by atoms with E-state index in [1.807, 2.05) is 6.92 Å². The molecule has 0 spiro atoms. The molecule has 0 fully saturated rings. The molecule has 2 rings (SSSR count). The predicted molar refractivity (Wildman–Crippen MR) is 62.6 cm³/mol. The first-order valence-corrected chi connectivity index (χ1v) is 5.30. The third-order valence-corrected chi connectivity index (χ3v) is 2.54. The molecule has 0 radical (unpaired) electrons. The van der Waals surface area contributed by atoms with Gasteiger partial charge in [0.25, 0.3) is 5.95 Å². The molecule has 2 N–H and O–H groups in total. The lowest BCUT2D eigenvalue weighted by atomic mass is 10.4. The van der Waals surface area contributed by atoms with E-state index in [4.69, 9.17) is 10.5 Å². The van der Waals surface area contributed by atoms with E-state index in [2.05, 4.69) is 31.0 Å². The predicted octanol–water partition coefficient (Wildman–Crippen LogP) is 1.32. The second-order valence-corrected chi connectivity index (χ2v) is 4.01. The van der Waals surface area contributed by atoms with Crippen LogP contribution in [0.3, 0.4) is 0 Å². The minimum Gasteiger partial charge on any atom is -0.481 e. The van der Waals surface area contributed by atoms with Crippen molar-refractivity contribution in [3.05, 3.63) is 22.4 Å². The maximum Gasteiger partial charge on any atom is 0.254 e. The van der Waals surface area contributed by atoms with Gasteiger partial charge < -0.3 is 10.5 Å². The highest BCUT2D eigenvalue weighted by atomic mass is 79.9. The Morgan fingerprint density at radius 3 is 2.75 bits per heavy atom. The van der Waals surface area contributed by atoms with E-state index in [1.54, 1.807) is 19.4 Å². The number of ether oxygens (including phenoxy) is 1. The molecule has 7 heteroatoms. The molecule has 0 atom stereocenters. The van der Waals surface area contributed by atoms with E-state index in [0.29, 0.717) is 22.1 Å². The standard InChI is InChI=1S/C9H10BrN5O/c1-5-3-7(16-2)13-9(12-5)15-4-6(10)8(11)14-15/h3-4H,1-2H3,(H2,11,14). The maximum atomic E-state index is 5.62. The number of anilines is 1. The van der Waals surface area contributed by atoms with Crippen LogP contribution in [-0.4, -0.2) is 26.9 Å². The minimum absolute atomic E-state index is 0.393. The van der Waals surface area contributed by atoms with Crippen molar-refractivity contribution in [2.24, 2.45) is 0 Å². The Labute approximate surface area is 101 Å². The fourth-order valence-electron chi connectivity index (χ4n) is 1.20. The van der Waals surface area contributed by atoms with Gasteiger partial charge in [0.1, 0.15) is 0 Å². The molecule has 2 aromatic rings. The van der Waals surface area contributed by atoms with Gasteiger partial charge in [-0.2, -0.15) is 4.98 Å². The van der Waals surface area contributed by atoms with Gasteiger partial charge in [-0.1, -0.05) is 0 Å². The Kier molecular flexibility index (Phi) is 2.78. The number of nitrogens with two attached hydrogens (primary N) is 1. The number of halogens is 1. The van der Waals surface area contributed by atoms with Crippen molar-refractivity contribution in [2.45, 2.75) is 6.92 Å². The summed E-state index contributed by atoms with van der Waals surface area (Å²) in [7, 11) is 1.55. The van der Waals surface area contributed by atoms with Gasteiger partial charge in [0.05, 0.1) is 17.8 Å². The number of aromatic nitrogens is 4. The van der Waals surface area contributed by atoms with E-state index in [-0.39, 0.29) is 0 Å². The van der Waals surface area contributed by atoms with Crippen LogP contribution in [0.2, 0.25) is 0 Å². The van der Waals surface area contributed by atoms with Crippen LogP contribution in [0.15, 0.2) is 16.7 Å². The second-order valence-electron chi connectivity index (χ2n) is 3.16. The van der Waals surface area contributed by atoms with Gasteiger partial charge in [-0.25, -0.2) is 9.67 Å². The van der Waals surface area contributed by atoms with E-state index in [9.17, 15) is 0 Å². The Hall–Kier alpha value is -1.63. The number of hydrogen-bond acceptors (Lipinski definition) is 5. The zero-order chi connectivity index (χ0) is 11.7. The molecular formula is C9H10BrN5O. The molecule has 0 bridgehead atoms. The van der Waals surface area contributed by atoms with Crippen LogP contribution < -0.4 is 10.5 Å². The SMILES string of the molecule is COc1cc(C)nc(-n2cc(Br)c(N)n2)n1.